The largest absolute Gasteiger partial charge is 0.370 e. The van der Waals surface area contributed by atoms with Crippen molar-refractivity contribution in [1.29, 1.82) is 0 Å². The van der Waals surface area contributed by atoms with Crippen molar-refractivity contribution in [3.8, 4) is 28.3 Å². The Morgan fingerprint density at radius 2 is 1.88 bits per heavy atom. The second-order valence-electron chi connectivity index (χ2n) is 8.83. The Hall–Kier alpha value is -3.52. The van der Waals surface area contributed by atoms with Gasteiger partial charge in [-0.25, -0.2) is 4.39 Å². The standard InChI is InChI=1S/C24H24FN7/c1-29(2)21-9-10-30(15-21)20-7-8-22-18(11-20)14-31-13-17(16-3-5-19(25)6-4-16)12-23(31)24-26-27-28-32(22)24/h3-8,11-13,21H,9-10,14-15H2,1-2H3/t21-/m1/s1. The van der Waals surface area contributed by atoms with Gasteiger partial charge in [0.05, 0.1) is 11.4 Å². The summed E-state index contributed by atoms with van der Waals surface area (Å²) in [6, 6.07) is 15.8. The minimum absolute atomic E-state index is 0.238. The zero-order chi connectivity index (χ0) is 21.8. The van der Waals surface area contributed by atoms with Gasteiger partial charge in [0, 0.05) is 43.1 Å². The summed E-state index contributed by atoms with van der Waals surface area (Å²) >= 11 is 0. The lowest BCUT2D eigenvalue weighted by atomic mass is 10.1. The number of rotatable bonds is 3. The molecule has 32 heavy (non-hydrogen) atoms. The Kier molecular flexibility index (Phi) is 4.36. The van der Waals surface area contributed by atoms with Crippen LogP contribution in [0.15, 0.2) is 54.7 Å². The SMILES string of the molecule is CN(C)[C@@H]1CCN(c2ccc3c(c2)Cn2cc(-c4ccc(F)cc4)cc2-c2nnnn2-3)C1. The van der Waals surface area contributed by atoms with Gasteiger partial charge in [-0.1, -0.05) is 12.1 Å². The summed E-state index contributed by atoms with van der Waals surface area (Å²) in [5.74, 6) is 0.469. The average molecular weight is 430 g/mol. The third kappa shape index (κ3) is 3.10. The first-order valence-corrected chi connectivity index (χ1v) is 10.9. The molecule has 0 N–H and O–H groups in total. The summed E-state index contributed by atoms with van der Waals surface area (Å²) in [7, 11) is 4.30. The van der Waals surface area contributed by atoms with E-state index in [1.54, 1.807) is 12.1 Å². The second-order valence-corrected chi connectivity index (χ2v) is 8.83. The van der Waals surface area contributed by atoms with Crippen LogP contribution in [0.4, 0.5) is 10.1 Å². The molecule has 0 saturated carbocycles. The van der Waals surface area contributed by atoms with Crippen LogP contribution < -0.4 is 4.90 Å². The second kappa shape index (κ2) is 7.27. The zero-order valence-corrected chi connectivity index (χ0v) is 18.1. The highest BCUT2D eigenvalue weighted by atomic mass is 19.1. The van der Waals surface area contributed by atoms with Gasteiger partial charge in [0.1, 0.15) is 5.82 Å². The number of anilines is 1. The fourth-order valence-corrected chi connectivity index (χ4v) is 4.82. The van der Waals surface area contributed by atoms with Gasteiger partial charge in [-0.15, -0.1) is 5.10 Å². The minimum atomic E-state index is -0.238. The number of halogens is 1. The number of fused-ring (bicyclic) bond motifs is 5. The molecule has 2 aliphatic rings. The summed E-state index contributed by atoms with van der Waals surface area (Å²) in [6.45, 7) is 2.79. The van der Waals surface area contributed by atoms with Crippen molar-refractivity contribution in [2.45, 2.75) is 19.0 Å². The smallest absolute Gasteiger partial charge is 0.203 e. The van der Waals surface area contributed by atoms with E-state index < -0.39 is 0 Å². The average Bonchev–Trinajstić information content (AvgIpc) is 3.53. The summed E-state index contributed by atoms with van der Waals surface area (Å²) in [4.78, 5) is 4.76. The highest BCUT2D eigenvalue weighted by Gasteiger charge is 2.27. The van der Waals surface area contributed by atoms with E-state index in [1.165, 1.54) is 29.8 Å². The third-order valence-corrected chi connectivity index (χ3v) is 6.66. The molecule has 1 fully saturated rings. The van der Waals surface area contributed by atoms with Crippen LogP contribution in [0.5, 0.6) is 0 Å². The monoisotopic (exact) mass is 429 g/mol. The molecule has 0 bridgehead atoms. The fraction of sp³-hybridized carbons (Fsp3) is 0.292. The number of likely N-dealkylation sites (N-methyl/N-ethyl adjacent to an activating group) is 1. The van der Waals surface area contributed by atoms with Gasteiger partial charge in [-0.2, -0.15) is 4.68 Å². The van der Waals surface area contributed by atoms with Crippen LogP contribution in [-0.2, 0) is 6.54 Å². The number of nitrogens with zero attached hydrogens (tertiary/aromatic N) is 7. The molecule has 0 unspecified atom stereocenters. The highest BCUT2D eigenvalue weighted by molar-refractivity contribution is 5.71. The summed E-state index contributed by atoms with van der Waals surface area (Å²) in [6.07, 6.45) is 3.27. The van der Waals surface area contributed by atoms with Crippen LogP contribution in [0.1, 0.15) is 12.0 Å². The van der Waals surface area contributed by atoms with Crippen LogP contribution in [0.25, 0.3) is 28.3 Å². The first-order chi connectivity index (χ1) is 15.6. The van der Waals surface area contributed by atoms with Gasteiger partial charge < -0.3 is 14.4 Å². The summed E-state index contributed by atoms with van der Waals surface area (Å²) < 4.78 is 17.4. The van der Waals surface area contributed by atoms with Gasteiger partial charge in [0.15, 0.2) is 0 Å². The van der Waals surface area contributed by atoms with E-state index in [4.69, 9.17) is 0 Å². The van der Waals surface area contributed by atoms with Crippen molar-refractivity contribution in [2.75, 3.05) is 32.1 Å². The number of hydrogen-bond acceptors (Lipinski definition) is 5. The topological polar surface area (TPSA) is 55.0 Å². The van der Waals surface area contributed by atoms with E-state index in [-0.39, 0.29) is 5.82 Å². The molecule has 2 aliphatic heterocycles. The molecule has 0 radical (unpaired) electrons. The maximum atomic E-state index is 13.4. The Morgan fingerprint density at radius 1 is 1.03 bits per heavy atom. The Balaban J connectivity index is 1.41. The third-order valence-electron chi connectivity index (χ3n) is 6.66. The molecule has 2 aromatic carbocycles. The van der Waals surface area contributed by atoms with E-state index in [0.717, 1.165) is 35.6 Å². The molecule has 1 atom stereocenters. The van der Waals surface area contributed by atoms with Crippen molar-refractivity contribution in [1.82, 2.24) is 29.7 Å². The van der Waals surface area contributed by atoms with Gasteiger partial charge in [-0.05, 0) is 78.5 Å². The van der Waals surface area contributed by atoms with Crippen molar-refractivity contribution in [3.63, 3.8) is 0 Å². The van der Waals surface area contributed by atoms with E-state index in [2.05, 4.69) is 74.5 Å². The van der Waals surface area contributed by atoms with E-state index >= 15 is 0 Å². The summed E-state index contributed by atoms with van der Waals surface area (Å²) in [5, 5.41) is 12.5. The van der Waals surface area contributed by atoms with Crippen LogP contribution in [-0.4, -0.2) is 62.9 Å². The maximum absolute atomic E-state index is 13.4. The van der Waals surface area contributed by atoms with Crippen LogP contribution >= 0.6 is 0 Å². The lowest BCUT2D eigenvalue weighted by Crippen LogP contribution is -2.31. The zero-order valence-electron chi connectivity index (χ0n) is 18.1. The molecule has 1 saturated heterocycles. The predicted octanol–water partition coefficient (Wildman–Crippen LogP) is 3.44. The molecular formula is C24H24FN7. The molecule has 4 aromatic rings. The molecule has 162 valence electrons. The molecule has 8 heteroatoms. The normalized spacial score (nSPS) is 17.2. The molecule has 0 aliphatic carbocycles. The lowest BCUT2D eigenvalue weighted by Gasteiger charge is -2.23. The van der Waals surface area contributed by atoms with E-state index in [9.17, 15) is 4.39 Å². The number of benzene rings is 2. The minimum Gasteiger partial charge on any atom is -0.370 e. The predicted molar refractivity (Wildman–Crippen MR) is 121 cm³/mol. The molecular weight excluding hydrogens is 405 g/mol. The number of aromatic nitrogens is 5. The Morgan fingerprint density at radius 3 is 2.66 bits per heavy atom. The molecule has 4 heterocycles. The molecule has 0 spiro atoms. The summed E-state index contributed by atoms with van der Waals surface area (Å²) in [5.41, 5.74) is 6.33. The lowest BCUT2D eigenvalue weighted by molar-refractivity contribution is 0.315. The van der Waals surface area contributed by atoms with Crippen molar-refractivity contribution < 1.29 is 4.39 Å². The Labute approximate surface area is 185 Å². The quantitative estimate of drug-likeness (QED) is 0.440. The number of tetrazole rings is 1. The van der Waals surface area contributed by atoms with Gasteiger partial charge in [0.25, 0.3) is 0 Å². The highest BCUT2D eigenvalue weighted by Crippen LogP contribution is 2.35. The molecule has 7 nitrogen and oxygen atoms in total. The van der Waals surface area contributed by atoms with Gasteiger partial charge in [-0.3, -0.25) is 0 Å². The van der Waals surface area contributed by atoms with Crippen LogP contribution in [0.3, 0.4) is 0 Å². The fourth-order valence-electron chi connectivity index (χ4n) is 4.82. The number of hydrogen-bond donors (Lipinski definition) is 0. The van der Waals surface area contributed by atoms with E-state index in [0.29, 0.717) is 18.4 Å². The molecule has 2 aromatic heterocycles. The van der Waals surface area contributed by atoms with Crippen molar-refractivity contribution in [3.05, 3.63) is 66.1 Å². The maximum Gasteiger partial charge on any atom is 0.203 e. The van der Waals surface area contributed by atoms with Crippen molar-refractivity contribution >= 4 is 5.69 Å². The first kappa shape index (κ1) is 19.2. The Bertz CT molecular complexity index is 1290. The van der Waals surface area contributed by atoms with E-state index in [1.807, 2.05) is 4.68 Å². The van der Waals surface area contributed by atoms with Gasteiger partial charge >= 0.3 is 0 Å². The van der Waals surface area contributed by atoms with Crippen LogP contribution in [0, 0.1) is 5.82 Å². The molecule has 0 amide bonds. The van der Waals surface area contributed by atoms with Gasteiger partial charge in [0.2, 0.25) is 5.82 Å². The van der Waals surface area contributed by atoms with Crippen LogP contribution in [0.2, 0.25) is 0 Å². The van der Waals surface area contributed by atoms with Crippen molar-refractivity contribution in [2.24, 2.45) is 0 Å². The molecule has 6 rings (SSSR count). The first-order valence-electron chi connectivity index (χ1n) is 10.9.